The highest BCUT2D eigenvalue weighted by molar-refractivity contribution is 5.96. The average Bonchev–Trinajstić information content (AvgIpc) is 3.68. The fraction of sp³-hybridized carbons (Fsp3) is 0.542. The number of carbonyl (C=O) groups is 2. The van der Waals surface area contributed by atoms with Crippen molar-refractivity contribution in [3.8, 4) is 0 Å². The Morgan fingerprint density at radius 1 is 1.00 bits per heavy atom. The van der Waals surface area contributed by atoms with Crippen LogP contribution in [0.3, 0.4) is 0 Å². The molecule has 30 heavy (non-hydrogen) atoms. The second kappa shape index (κ2) is 8.34. The van der Waals surface area contributed by atoms with E-state index in [9.17, 15) is 9.59 Å². The number of aromatic nitrogens is 1. The van der Waals surface area contributed by atoms with Gasteiger partial charge < -0.3 is 10.6 Å². The molecule has 5 rings (SSSR count). The number of amides is 2. The zero-order chi connectivity index (χ0) is 20.5. The number of nitrogens with one attached hydrogen (secondary N) is 2. The fourth-order valence-electron chi connectivity index (χ4n) is 4.59. The van der Waals surface area contributed by atoms with E-state index in [-0.39, 0.29) is 11.8 Å². The van der Waals surface area contributed by atoms with Gasteiger partial charge in [-0.2, -0.15) is 0 Å². The molecule has 1 aromatic carbocycles. The summed E-state index contributed by atoms with van der Waals surface area (Å²) in [6.07, 6.45) is 9.22. The first-order valence-corrected chi connectivity index (χ1v) is 11.3. The SMILES string of the molecule is O=C(C[C@H]1CC[C@@H](CNC(=O)c2cc3ccccc3cn2)N1CC1CC1)NC1CC1. The highest BCUT2D eigenvalue weighted by Gasteiger charge is 2.38. The minimum absolute atomic E-state index is 0.123. The van der Waals surface area contributed by atoms with Crippen LogP contribution in [0.4, 0.5) is 0 Å². The number of hydrogen-bond acceptors (Lipinski definition) is 4. The monoisotopic (exact) mass is 406 g/mol. The number of nitrogens with zero attached hydrogens (tertiary/aromatic N) is 2. The molecular formula is C24H30N4O2. The molecule has 2 atom stereocenters. The predicted octanol–water partition coefficient (Wildman–Crippen LogP) is 2.88. The summed E-state index contributed by atoms with van der Waals surface area (Å²) in [5.41, 5.74) is 0.459. The highest BCUT2D eigenvalue weighted by Crippen LogP contribution is 2.35. The summed E-state index contributed by atoms with van der Waals surface area (Å²) < 4.78 is 0. The number of pyridine rings is 1. The van der Waals surface area contributed by atoms with Crippen LogP contribution >= 0.6 is 0 Å². The van der Waals surface area contributed by atoms with Crippen molar-refractivity contribution in [2.24, 2.45) is 5.92 Å². The minimum atomic E-state index is -0.123. The molecule has 3 aliphatic rings. The van der Waals surface area contributed by atoms with E-state index in [1.165, 1.54) is 12.8 Å². The van der Waals surface area contributed by atoms with Gasteiger partial charge in [-0.05, 0) is 55.9 Å². The average molecular weight is 407 g/mol. The first kappa shape index (κ1) is 19.5. The highest BCUT2D eigenvalue weighted by atomic mass is 16.2. The van der Waals surface area contributed by atoms with Gasteiger partial charge in [0, 0.05) is 49.2 Å². The van der Waals surface area contributed by atoms with Gasteiger partial charge in [-0.15, -0.1) is 0 Å². The van der Waals surface area contributed by atoms with Crippen LogP contribution in [0.15, 0.2) is 36.5 Å². The third-order valence-electron chi connectivity index (χ3n) is 6.66. The lowest BCUT2D eigenvalue weighted by Crippen LogP contribution is -2.45. The van der Waals surface area contributed by atoms with Gasteiger partial charge in [-0.1, -0.05) is 24.3 Å². The third-order valence-corrected chi connectivity index (χ3v) is 6.66. The summed E-state index contributed by atoms with van der Waals surface area (Å²) in [5.74, 6) is 0.827. The van der Waals surface area contributed by atoms with Crippen molar-refractivity contribution in [3.05, 3.63) is 42.2 Å². The van der Waals surface area contributed by atoms with Gasteiger partial charge in [0.2, 0.25) is 5.91 Å². The van der Waals surface area contributed by atoms with Crippen molar-refractivity contribution in [2.75, 3.05) is 13.1 Å². The van der Waals surface area contributed by atoms with Crippen LogP contribution in [-0.4, -0.2) is 52.9 Å². The zero-order valence-electron chi connectivity index (χ0n) is 17.3. The molecule has 6 heteroatoms. The summed E-state index contributed by atoms with van der Waals surface area (Å²) in [6, 6.07) is 10.8. The van der Waals surface area contributed by atoms with Crippen LogP contribution in [0, 0.1) is 5.92 Å². The van der Waals surface area contributed by atoms with Crippen LogP contribution in [0.25, 0.3) is 10.8 Å². The number of likely N-dealkylation sites (tertiary alicyclic amines) is 1. The molecule has 2 aromatic rings. The Kier molecular flexibility index (Phi) is 5.42. The van der Waals surface area contributed by atoms with E-state index in [0.717, 1.165) is 48.9 Å². The maximum atomic E-state index is 12.7. The summed E-state index contributed by atoms with van der Waals surface area (Å²) in [4.78, 5) is 31.9. The fourth-order valence-corrected chi connectivity index (χ4v) is 4.59. The van der Waals surface area contributed by atoms with Gasteiger partial charge in [-0.25, -0.2) is 0 Å². The molecule has 158 valence electrons. The summed E-state index contributed by atoms with van der Waals surface area (Å²) in [6.45, 7) is 1.66. The lowest BCUT2D eigenvalue weighted by molar-refractivity contribution is -0.122. The molecule has 6 nitrogen and oxygen atoms in total. The number of fused-ring (bicyclic) bond motifs is 1. The van der Waals surface area contributed by atoms with Crippen molar-refractivity contribution in [3.63, 3.8) is 0 Å². The second-order valence-electron chi connectivity index (χ2n) is 9.20. The Morgan fingerprint density at radius 2 is 1.77 bits per heavy atom. The Labute approximate surface area is 177 Å². The molecule has 1 aliphatic heterocycles. The van der Waals surface area contributed by atoms with Crippen LogP contribution in [-0.2, 0) is 4.79 Å². The van der Waals surface area contributed by atoms with Crippen LogP contribution in [0.2, 0.25) is 0 Å². The topological polar surface area (TPSA) is 74.3 Å². The van der Waals surface area contributed by atoms with E-state index >= 15 is 0 Å². The summed E-state index contributed by atoms with van der Waals surface area (Å²) >= 11 is 0. The summed E-state index contributed by atoms with van der Waals surface area (Å²) in [5, 5.41) is 8.29. The number of hydrogen-bond donors (Lipinski definition) is 2. The third kappa shape index (κ3) is 4.64. The van der Waals surface area contributed by atoms with E-state index in [1.54, 1.807) is 6.20 Å². The number of carbonyl (C=O) groups excluding carboxylic acids is 2. The van der Waals surface area contributed by atoms with Crippen molar-refractivity contribution < 1.29 is 9.59 Å². The van der Waals surface area contributed by atoms with E-state index in [1.807, 2.05) is 30.3 Å². The van der Waals surface area contributed by atoms with E-state index in [2.05, 4.69) is 20.5 Å². The molecule has 0 radical (unpaired) electrons. The van der Waals surface area contributed by atoms with Crippen molar-refractivity contribution in [2.45, 2.75) is 63.1 Å². The molecular weight excluding hydrogens is 376 g/mol. The maximum Gasteiger partial charge on any atom is 0.269 e. The first-order valence-electron chi connectivity index (χ1n) is 11.3. The predicted molar refractivity (Wildman–Crippen MR) is 116 cm³/mol. The molecule has 3 fully saturated rings. The van der Waals surface area contributed by atoms with Gasteiger partial charge in [0.25, 0.3) is 5.91 Å². The Morgan fingerprint density at radius 3 is 2.53 bits per heavy atom. The molecule has 2 aliphatic carbocycles. The molecule has 1 aromatic heterocycles. The maximum absolute atomic E-state index is 12.7. The van der Waals surface area contributed by atoms with E-state index < -0.39 is 0 Å². The molecule has 0 bridgehead atoms. The smallest absolute Gasteiger partial charge is 0.269 e. The lowest BCUT2D eigenvalue weighted by atomic mass is 10.1. The normalized spacial score (nSPS) is 24.1. The van der Waals surface area contributed by atoms with Gasteiger partial charge >= 0.3 is 0 Å². The van der Waals surface area contributed by atoms with Gasteiger partial charge in [0.15, 0.2) is 0 Å². The molecule has 2 N–H and O–H groups in total. The minimum Gasteiger partial charge on any atom is -0.353 e. The quantitative estimate of drug-likeness (QED) is 0.707. The van der Waals surface area contributed by atoms with Gasteiger partial charge in [-0.3, -0.25) is 19.5 Å². The Balaban J connectivity index is 1.20. The molecule has 2 saturated carbocycles. The lowest BCUT2D eigenvalue weighted by Gasteiger charge is -2.30. The molecule has 1 saturated heterocycles. The van der Waals surface area contributed by atoms with Gasteiger partial charge in [0.05, 0.1) is 0 Å². The number of rotatable bonds is 8. The molecule has 2 amide bonds. The van der Waals surface area contributed by atoms with Gasteiger partial charge in [0.1, 0.15) is 5.69 Å². The number of benzene rings is 1. The van der Waals surface area contributed by atoms with E-state index in [4.69, 9.17) is 0 Å². The van der Waals surface area contributed by atoms with Crippen LogP contribution in [0.1, 0.15) is 55.4 Å². The van der Waals surface area contributed by atoms with Crippen LogP contribution in [0.5, 0.6) is 0 Å². The largest absolute Gasteiger partial charge is 0.353 e. The van der Waals surface area contributed by atoms with Crippen molar-refractivity contribution in [1.29, 1.82) is 0 Å². The van der Waals surface area contributed by atoms with E-state index in [0.29, 0.717) is 36.8 Å². The van der Waals surface area contributed by atoms with Crippen molar-refractivity contribution >= 4 is 22.6 Å². The molecule has 0 unspecified atom stereocenters. The second-order valence-corrected chi connectivity index (χ2v) is 9.20. The van der Waals surface area contributed by atoms with Crippen LogP contribution < -0.4 is 10.6 Å². The Bertz CT molecular complexity index is 938. The Hall–Kier alpha value is -2.47. The summed E-state index contributed by atoms with van der Waals surface area (Å²) in [7, 11) is 0. The standard InChI is InChI=1S/C24H30N4O2/c29-23(27-19-7-8-19)12-20-9-10-21(28(20)15-16-5-6-16)14-26-24(30)22-11-17-3-1-2-4-18(17)13-25-22/h1-4,11,13,16,19-21H,5-10,12,14-15H2,(H,26,30)(H,27,29)/t20-,21+/m1/s1. The van der Waals surface area contributed by atoms with Crippen molar-refractivity contribution in [1.82, 2.24) is 20.5 Å². The molecule has 0 spiro atoms. The molecule has 2 heterocycles. The zero-order valence-corrected chi connectivity index (χ0v) is 17.3. The first-order chi connectivity index (χ1) is 14.7.